The molecule has 2 rings (SSSR count). The second-order valence-electron chi connectivity index (χ2n) is 4.05. The number of aryl methyl sites for hydroxylation is 1. The van der Waals surface area contributed by atoms with Crippen molar-refractivity contribution < 1.29 is 13.5 Å². The van der Waals surface area contributed by atoms with Crippen LogP contribution >= 0.6 is 0 Å². The molecule has 0 spiro atoms. The zero-order valence-electron chi connectivity index (χ0n) is 10.8. The second-order valence-corrected chi connectivity index (χ2v) is 4.05. The Kier molecular flexibility index (Phi) is 4.11. The molecule has 0 aliphatic carbocycles. The van der Waals surface area contributed by atoms with Gasteiger partial charge in [-0.15, -0.1) is 0 Å². The molecule has 1 aromatic carbocycles. The summed E-state index contributed by atoms with van der Waals surface area (Å²) in [5.41, 5.74) is 0.522. The van der Waals surface area contributed by atoms with Crippen LogP contribution in [0, 0.1) is 11.6 Å². The predicted octanol–water partition coefficient (Wildman–Crippen LogP) is 2.69. The molecule has 6 heteroatoms. The van der Waals surface area contributed by atoms with E-state index in [0.717, 1.165) is 0 Å². The van der Waals surface area contributed by atoms with Gasteiger partial charge in [-0.1, -0.05) is 0 Å². The van der Waals surface area contributed by atoms with E-state index in [1.807, 2.05) is 6.92 Å². The number of nitrogens with zero attached hydrogens (tertiary/aromatic N) is 2. The SMILES string of the molecule is CCn1cc(Oc2c(F)cc(CNC)cc2F)cn1. The Hall–Kier alpha value is -1.95. The van der Waals surface area contributed by atoms with Gasteiger partial charge in [0.15, 0.2) is 23.1 Å². The fraction of sp³-hybridized carbons (Fsp3) is 0.308. The Morgan fingerprint density at radius 1 is 1.32 bits per heavy atom. The fourth-order valence-electron chi connectivity index (χ4n) is 1.70. The van der Waals surface area contributed by atoms with Gasteiger partial charge in [-0.25, -0.2) is 8.78 Å². The van der Waals surface area contributed by atoms with Crippen molar-refractivity contribution in [3.63, 3.8) is 0 Å². The Morgan fingerprint density at radius 2 is 2.00 bits per heavy atom. The number of hydrogen-bond acceptors (Lipinski definition) is 3. The third-order valence-electron chi connectivity index (χ3n) is 2.59. The molecular formula is C13H15F2N3O. The van der Waals surface area contributed by atoms with Gasteiger partial charge in [0.25, 0.3) is 0 Å². The topological polar surface area (TPSA) is 39.1 Å². The molecule has 0 unspecified atom stereocenters. The third kappa shape index (κ3) is 3.08. The molecule has 0 atom stereocenters. The fourth-order valence-corrected chi connectivity index (χ4v) is 1.70. The van der Waals surface area contributed by atoms with E-state index < -0.39 is 17.4 Å². The summed E-state index contributed by atoms with van der Waals surface area (Å²) in [6.45, 7) is 2.96. The lowest BCUT2D eigenvalue weighted by Crippen LogP contribution is -2.06. The van der Waals surface area contributed by atoms with Crippen LogP contribution in [-0.4, -0.2) is 16.8 Å². The Morgan fingerprint density at radius 3 is 2.53 bits per heavy atom. The lowest BCUT2D eigenvalue weighted by atomic mass is 10.2. The number of aromatic nitrogens is 2. The quantitative estimate of drug-likeness (QED) is 0.905. The van der Waals surface area contributed by atoms with Crippen LogP contribution in [0.4, 0.5) is 8.78 Å². The van der Waals surface area contributed by atoms with Crippen molar-refractivity contribution in [2.24, 2.45) is 0 Å². The summed E-state index contributed by atoms with van der Waals surface area (Å²) in [5.74, 6) is -1.56. The molecule has 1 N–H and O–H groups in total. The molecule has 0 radical (unpaired) electrons. The van der Waals surface area contributed by atoms with Gasteiger partial charge >= 0.3 is 0 Å². The number of rotatable bonds is 5. The molecule has 0 saturated carbocycles. The van der Waals surface area contributed by atoms with Gasteiger partial charge in [0.2, 0.25) is 0 Å². The molecule has 2 aromatic rings. The van der Waals surface area contributed by atoms with E-state index in [1.165, 1.54) is 18.3 Å². The van der Waals surface area contributed by atoms with E-state index in [1.54, 1.807) is 17.9 Å². The average Bonchev–Trinajstić information content (AvgIpc) is 2.82. The predicted molar refractivity (Wildman–Crippen MR) is 67.1 cm³/mol. The van der Waals surface area contributed by atoms with Gasteiger partial charge in [0, 0.05) is 13.1 Å². The van der Waals surface area contributed by atoms with Crippen LogP contribution in [-0.2, 0) is 13.1 Å². The number of nitrogens with one attached hydrogen (secondary N) is 1. The molecule has 0 saturated heterocycles. The molecule has 0 amide bonds. The molecule has 0 aliphatic rings. The minimum atomic E-state index is -0.727. The maximum absolute atomic E-state index is 13.8. The Labute approximate surface area is 110 Å². The Bertz CT molecular complexity index is 546. The first-order chi connectivity index (χ1) is 9.13. The summed E-state index contributed by atoms with van der Waals surface area (Å²) in [6.07, 6.45) is 3.00. The van der Waals surface area contributed by atoms with Crippen LogP contribution in [0.25, 0.3) is 0 Å². The van der Waals surface area contributed by atoms with Crippen molar-refractivity contribution in [2.45, 2.75) is 20.0 Å². The first kappa shape index (κ1) is 13.5. The minimum Gasteiger partial charge on any atom is -0.448 e. The van der Waals surface area contributed by atoms with Crippen molar-refractivity contribution in [1.29, 1.82) is 0 Å². The Balaban J connectivity index is 2.24. The van der Waals surface area contributed by atoms with Gasteiger partial charge in [0.05, 0.1) is 12.4 Å². The highest BCUT2D eigenvalue weighted by Gasteiger charge is 2.14. The van der Waals surface area contributed by atoms with Crippen LogP contribution in [0.3, 0.4) is 0 Å². The molecule has 4 nitrogen and oxygen atoms in total. The van der Waals surface area contributed by atoms with Crippen LogP contribution in [0.15, 0.2) is 24.5 Å². The van der Waals surface area contributed by atoms with Crippen molar-refractivity contribution >= 4 is 0 Å². The van der Waals surface area contributed by atoms with Gasteiger partial charge in [-0.2, -0.15) is 5.10 Å². The van der Waals surface area contributed by atoms with Crippen molar-refractivity contribution in [3.8, 4) is 11.5 Å². The van der Waals surface area contributed by atoms with E-state index in [0.29, 0.717) is 24.4 Å². The van der Waals surface area contributed by atoms with E-state index >= 15 is 0 Å². The lowest BCUT2D eigenvalue weighted by Gasteiger charge is -2.08. The average molecular weight is 267 g/mol. The zero-order chi connectivity index (χ0) is 13.8. The summed E-state index contributed by atoms with van der Waals surface area (Å²) in [4.78, 5) is 0. The van der Waals surface area contributed by atoms with E-state index in [4.69, 9.17) is 4.74 Å². The number of halogens is 2. The van der Waals surface area contributed by atoms with Crippen molar-refractivity contribution in [1.82, 2.24) is 15.1 Å². The maximum atomic E-state index is 13.8. The molecular weight excluding hydrogens is 252 g/mol. The summed E-state index contributed by atoms with van der Waals surface area (Å²) in [5, 5.41) is 6.80. The summed E-state index contributed by atoms with van der Waals surface area (Å²) >= 11 is 0. The first-order valence-corrected chi connectivity index (χ1v) is 5.97. The summed E-state index contributed by atoms with van der Waals surface area (Å²) < 4.78 is 34.4. The zero-order valence-corrected chi connectivity index (χ0v) is 10.8. The number of hydrogen-bond donors (Lipinski definition) is 1. The van der Waals surface area contributed by atoms with Crippen molar-refractivity contribution in [2.75, 3.05) is 7.05 Å². The van der Waals surface area contributed by atoms with Gasteiger partial charge in [0.1, 0.15) is 0 Å². The van der Waals surface area contributed by atoms with Crippen LogP contribution in [0.2, 0.25) is 0 Å². The number of ether oxygens (including phenoxy) is 1. The highest BCUT2D eigenvalue weighted by atomic mass is 19.1. The molecule has 1 heterocycles. The summed E-state index contributed by atoms with van der Waals surface area (Å²) in [6, 6.07) is 2.50. The highest BCUT2D eigenvalue weighted by molar-refractivity contribution is 5.34. The summed E-state index contributed by atoms with van der Waals surface area (Å²) in [7, 11) is 1.71. The van der Waals surface area contributed by atoms with Crippen molar-refractivity contribution in [3.05, 3.63) is 41.7 Å². The minimum absolute atomic E-state index is 0.306. The second kappa shape index (κ2) is 5.79. The molecule has 0 bridgehead atoms. The molecule has 19 heavy (non-hydrogen) atoms. The molecule has 102 valence electrons. The standard InChI is InChI=1S/C13H15F2N3O/c1-3-18-8-10(7-17-18)19-13-11(14)4-9(6-16-2)5-12(13)15/h4-5,7-8,16H,3,6H2,1-2H3. The first-order valence-electron chi connectivity index (χ1n) is 5.97. The highest BCUT2D eigenvalue weighted by Crippen LogP contribution is 2.28. The monoisotopic (exact) mass is 267 g/mol. The third-order valence-corrected chi connectivity index (χ3v) is 2.59. The van der Waals surface area contributed by atoms with Crippen LogP contribution in [0.1, 0.15) is 12.5 Å². The smallest absolute Gasteiger partial charge is 0.198 e. The van der Waals surface area contributed by atoms with E-state index in [2.05, 4.69) is 10.4 Å². The van der Waals surface area contributed by atoms with Gasteiger partial charge < -0.3 is 10.1 Å². The number of benzene rings is 1. The van der Waals surface area contributed by atoms with Crippen LogP contribution in [0.5, 0.6) is 11.5 Å². The molecule has 0 aliphatic heterocycles. The van der Waals surface area contributed by atoms with Gasteiger partial charge in [-0.05, 0) is 31.7 Å². The molecule has 1 aromatic heterocycles. The lowest BCUT2D eigenvalue weighted by molar-refractivity contribution is 0.405. The van der Waals surface area contributed by atoms with E-state index in [9.17, 15) is 8.78 Å². The largest absolute Gasteiger partial charge is 0.448 e. The van der Waals surface area contributed by atoms with E-state index in [-0.39, 0.29) is 0 Å². The van der Waals surface area contributed by atoms with Crippen LogP contribution < -0.4 is 10.1 Å². The van der Waals surface area contributed by atoms with Gasteiger partial charge in [-0.3, -0.25) is 4.68 Å². The maximum Gasteiger partial charge on any atom is 0.198 e. The molecule has 0 fully saturated rings. The normalized spacial score (nSPS) is 10.7.